The molecule has 1 N–H and O–H groups in total. The van der Waals surface area contributed by atoms with Crippen molar-refractivity contribution < 1.29 is 9.90 Å². The van der Waals surface area contributed by atoms with Crippen LogP contribution in [0.4, 0.5) is 5.82 Å². The molecule has 2 heterocycles. The summed E-state index contributed by atoms with van der Waals surface area (Å²) in [5.41, 5.74) is 2.78. The van der Waals surface area contributed by atoms with Gasteiger partial charge in [0.05, 0.1) is 0 Å². The van der Waals surface area contributed by atoms with E-state index in [1.54, 1.807) is 6.20 Å². The number of aliphatic imine (C=N–C) groups is 1. The van der Waals surface area contributed by atoms with Gasteiger partial charge >= 0.3 is 5.97 Å². The molecule has 1 aliphatic heterocycles. The first-order chi connectivity index (χ1) is 9.97. The minimum atomic E-state index is -0.729. The van der Waals surface area contributed by atoms with Crippen molar-refractivity contribution in [1.29, 1.82) is 0 Å². The molecule has 1 atom stereocenters. The number of carboxylic acid groups (broad SMARTS) is 1. The number of hydrogen-bond donors (Lipinski definition) is 1. The van der Waals surface area contributed by atoms with E-state index >= 15 is 0 Å². The highest BCUT2D eigenvalue weighted by molar-refractivity contribution is 5.99. The normalized spacial score (nSPS) is 19.8. The fourth-order valence-corrected chi connectivity index (χ4v) is 2.76. The largest absolute Gasteiger partial charge is 0.481 e. The molecule has 4 heteroatoms. The van der Waals surface area contributed by atoms with Crippen LogP contribution in [0.5, 0.6) is 0 Å². The monoisotopic (exact) mass is 284 g/mol. The predicted octanol–water partition coefficient (Wildman–Crippen LogP) is 3.46. The lowest BCUT2D eigenvalue weighted by Gasteiger charge is -2.26. The molecule has 1 aromatic heterocycles. The Hall–Kier alpha value is -2.15. The summed E-state index contributed by atoms with van der Waals surface area (Å²) in [4.78, 5) is 19.4. The second-order valence-electron chi connectivity index (χ2n) is 5.72. The molecular formula is C17H20N2O2. The predicted molar refractivity (Wildman–Crippen MR) is 83.0 cm³/mol. The van der Waals surface area contributed by atoms with E-state index in [0.717, 1.165) is 48.3 Å². The molecule has 0 radical (unpaired) electrons. The molecule has 0 spiro atoms. The maximum absolute atomic E-state index is 10.5. The van der Waals surface area contributed by atoms with Crippen molar-refractivity contribution >= 4 is 17.5 Å². The van der Waals surface area contributed by atoms with Crippen LogP contribution in [0.3, 0.4) is 0 Å². The lowest BCUT2D eigenvalue weighted by molar-refractivity contribution is -0.137. The number of carboxylic acids is 1. The van der Waals surface area contributed by atoms with Crippen LogP contribution in [0, 0.1) is 12.3 Å². The Morgan fingerprint density at radius 3 is 2.86 bits per heavy atom. The van der Waals surface area contributed by atoms with Crippen molar-refractivity contribution in [1.82, 2.24) is 4.98 Å². The van der Waals surface area contributed by atoms with Crippen molar-refractivity contribution in [3.8, 4) is 12.3 Å². The molecule has 0 amide bonds. The lowest BCUT2D eigenvalue weighted by atomic mass is 9.76. The minimum absolute atomic E-state index is 0.140. The molecule has 1 aromatic rings. The highest BCUT2D eigenvalue weighted by Crippen LogP contribution is 2.42. The van der Waals surface area contributed by atoms with Crippen LogP contribution in [0.1, 0.15) is 57.1 Å². The van der Waals surface area contributed by atoms with Gasteiger partial charge in [0.15, 0.2) is 5.82 Å². The van der Waals surface area contributed by atoms with Crippen molar-refractivity contribution in [2.75, 3.05) is 0 Å². The standard InChI is InChI=1S/C17H20N2O2/c1-4-13-10-14-16(18-11-13)19-12(2)17(14,3)9-7-5-6-8-15(20)21/h1,10-11H,5-9H2,2-3H3,(H,20,21). The van der Waals surface area contributed by atoms with Gasteiger partial charge in [-0.25, -0.2) is 9.98 Å². The third kappa shape index (κ3) is 3.13. The van der Waals surface area contributed by atoms with Gasteiger partial charge in [0.2, 0.25) is 0 Å². The zero-order chi connectivity index (χ0) is 15.5. The van der Waals surface area contributed by atoms with Gasteiger partial charge in [0, 0.05) is 34.9 Å². The van der Waals surface area contributed by atoms with Gasteiger partial charge < -0.3 is 5.11 Å². The third-order valence-electron chi connectivity index (χ3n) is 4.27. The summed E-state index contributed by atoms with van der Waals surface area (Å²) < 4.78 is 0. The highest BCUT2D eigenvalue weighted by atomic mass is 16.4. The van der Waals surface area contributed by atoms with Gasteiger partial charge in [-0.1, -0.05) is 25.7 Å². The summed E-state index contributed by atoms with van der Waals surface area (Å²) in [6, 6.07) is 2.00. The number of unbranched alkanes of at least 4 members (excludes halogenated alkanes) is 2. The first-order valence-corrected chi connectivity index (χ1v) is 7.22. The first-order valence-electron chi connectivity index (χ1n) is 7.22. The molecule has 1 aliphatic rings. The number of fused-ring (bicyclic) bond motifs is 1. The maximum atomic E-state index is 10.5. The number of carbonyl (C=O) groups is 1. The van der Waals surface area contributed by atoms with E-state index in [1.165, 1.54) is 0 Å². The highest BCUT2D eigenvalue weighted by Gasteiger charge is 2.37. The Kier molecular flexibility index (Phi) is 4.42. The summed E-state index contributed by atoms with van der Waals surface area (Å²) in [5, 5.41) is 8.66. The van der Waals surface area contributed by atoms with Gasteiger partial charge in [-0.05, 0) is 25.8 Å². The molecule has 0 aliphatic carbocycles. The number of pyridine rings is 1. The summed E-state index contributed by atoms with van der Waals surface area (Å²) >= 11 is 0. The number of hydrogen-bond acceptors (Lipinski definition) is 3. The Morgan fingerprint density at radius 1 is 1.43 bits per heavy atom. The van der Waals surface area contributed by atoms with Crippen LogP contribution in [0.15, 0.2) is 17.3 Å². The van der Waals surface area contributed by atoms with Crippen LogP contribution < -0.4 is 0 Å². The molecule has 1 unspecified atom stereocenters. The molecular weight excluding hydrogens is 264 g/mol. The van der Waals surface area contributed by atoms with Gasteiger partial charge in [0.1, 0.15) is 0 Å². The molecule has 4 nitrogen and oxygen atoms in total. The zero-order valence-electron chi connectivity index (χ0n) is 12.5. The Morgan fingerprint density at radius 2 is 2.19 bits per heavy atom. The maximum Gasteiger partial charge on any atom is 0.303 e. The van der Waals surface area contributed by atoms with E-state index in [4.69, 9.17) is 11.5 Å². The Balaban J connectivity index is 2.07. The SMILES string of the molecule is C#Cc1cnc2c(c1)C(C)(CCCCCC(=O)O)C(C)=N2. The van der Waals surface area contributed by atoms with E-state index in [1.807, 2.05) is 13.0 Å². The summed E-state index contributed by atoms with van der Waals surface area (Å²) in [6.07, 6.45) is 10.9. The second-order valence-corrected chi connectivity index (χ2v) is 5.72. The number of terminal acetylenes is 1. The van der Waals surface area contributed by atoms with Gasteiger partial charge in [-0.2, -0.15) is 0 Å². The number of aliphatic carboxylic acids is 1. The molecule has 0 saturated heterocycles. The number of aromatic nitrogens is 1. The second kappa shape index (κ2) is 6.09. The van der Waals surface area contributed by atoms with Gasteiger partial charge in [0.25, 0.3) is 0 Å². The lowest BCUT2D eigenvalue weighted by Crippen LogP contribution is -2.27. The smallest absolute Gasteiger partial charge is 0.303 e. The van der Waals surface area contributed by atoms with Crippen molar-refractivity contribution in [3.63, 3.8) is 0 Å². The van der Waals surface area contributed by atoms with E-state index in [-0.39, 0.29) is 11.8 Å². The summed E-state index contributed by atoms with van der Waals surface area (Å²) in [6.45, 7) is 4.19. The summed E-state index contributed by atoms with van der Waals surface area (Å²) in [7, 11) is 0. The van der Waals surface area contributed by atoms with Crippen LogP contribution in [-0.4, -0.2) is 21.8 Å². The van der Waals surface area contributed by atoms with Crippen molar-refractivity contribution in [3.05, 3.63) is 23.4 Å². The zero-order valence-corrected chi connectivity index (χ0v) is 12.5. The average molecular weight is 284 g/mol. The number of nitrogens with zero attached hydrogens (tertiary/aromatic N) is 2. The molecule has 0 bridgehead atoms. The van der Waals surface area contributed by atoms with Crippen LogP contribution >= 0.6 is 0 Å². The third-order valence-corrected chi connectivity index (χ3v) is 4.27. The van der Waals surface area contributed by atoms with Gasteiger partial charge in [-0.15, -0.1) is 6.42 Å². The molecule has 0 aromatic carbocycles. The molecule has 2 rings (SSSR count). The molecule has 110 valence electrons. The van der Waals surface area contributed by atoms with E-state index in [0.29, 0.717) is 0 Å². The van der Waals surface area contributed by atoms with Crippen LogP contribution in [-0.2, 0) is 10.2 Å². The van der Waals surface area contributed by atoms with Crippen molar-refractivity contribution in [2.24, 2.45) is 4.99 Å². The molecule has 0 fully saturated rings. The van der Waals surface area contributed by atoms with Crippen LogP contribution in [0.25, 0.3) is 0 Å². The topological polar surface area (TPSA) is 62.5 Å². The summed E-state index contributed by atoms with van der Waals surface area (Å²) in [5.74, 6) is 2.65. The fourth-order valence-electron chi connectivity index (χ4n) is 2.76. The Labute approximate surface area is 125 Å². The average Bonchev–Trinajstić information content (AvgIpc) is 2.70. The number of rotatable bonds is 6. The molecule has 0 saturated carbocycles. The van der Waals surface area contributed by atoms with E-state index in [2.05, 4.69) is 22.8 Å². The van der Waals surface area contributed by atoms with E-state index in [9.17, 15) is 4.79 Å². The fraction of sp³-hybridized carbons (Fsp3) is 0.471. The minimum Gasteiger partial charge on any atom is -0.481 e. The molecule has 21 heavy (non-hydrogen) atoms. The van der Waals surface area contributed by atoms with Gasteiger partial charge in [-0.3, -0.25) is 4.79 Å². The van der Waals surface area contributed by atoms with Crippen molar-refractivity contribution in [2.45, 2.75) is 51.4 Å². The first kappa shape index (κ1) is 15.2. The van der Waals surface area contributed by atoms with Crippen LogP contribution in [0.2, 0.25) is 0 Å². The quantitative estimate of drug-likeness (QED) is 0.642. The Bertz CT molecular complexity index is 628. The van der Waals surface area contributed by atoms with E-state index < -0.39 is 5.97 Å².